The van der Waals surface area contributed by atoms with E-state index in [0.717, 1.165) is 23.3 Å². The third-order valence-electron chi connectivity index (χ3n) is 4.95. The highest BCUT2D eigenvalue weighted by Crippen LogP contribution is 2.27. The molecule has 2 N–H and O–H groups in total. The average Bonchev–Trinajstić information content (AvgIpc) is 3.22. The van der Waals surface area contributed by atoms with Gasteiger partial charge in [-0.15, -0.1) is 24.0 Å². The predicted octanol–water partition coefficient (Wildman–Crippen LogP) is 3.95. The van der Waals surface area contributed by atoms with Gasteiger partial charge in [-0.05, 0) is 23.3 Å². The number of para-hydroxylation sites is 1. The number of aliphatic imine (C=N–C) groups is 1. The van der Waals surface area contributed by atoms with Crippen molar-refractivity contribution in [1.82, 2.24) is 15.6 Å². The largest absolute Gasteiger partial charge is 0.488 e. The molecule has 0 fully saturated rings. The molecule has 1 aliphatic rings. The van der Waals surface area contributed by atoms with Crippen molar-refractivity contribution < 1.29 is 9.47 Å². The fourth-order valence-corrected chi connectivity index (χ4v) is 3.39. The second-order valence-electron chi connectivity index (χ2n) is 7.10. The first-order chi connectivity index (χ1) is 14.8. The molecule has 0 saturated carbocycles. The van der Waals surface area contributed by atoms with Gasteiger partial charge < -0.3 is 20.1 Å². The highest BCUT2D eigenvalue weighted by molar-refractivity contribution is 14.0. The Labute approximate surface area is 200 Å². The molecule has 1 unspecified atom stereocenters. The van der Waals surface area contributed by atoms with Crippen molar-refractivity contribution in [2.75, 3.05) is 13.6 Å². The number of halogens is 1. The minimum atomic E-state index is 0. The summed E-state index contributed by atoms with van der Waals surface area (Å²) in [5.41, 5.74) is 3.33. The lowest BCUT2D eigenvalue weighted by Gasteiger charge is -2.16. The first kappa shape index (κ1) is 22.9. The SMILES string of the molecule is CN=C(NCc1cccnc1OCc1ccccc1)NCC1Cc2ccccc2O1.I. The number of benzene rings is 2. The van der Waals surface area contributed by atoms with E-state index in [0.29, 0.717) is 31.5 Å². The Kier molecular flexibility index (Phi) is 8.52. The number of nitrogens with one attached hydrogen (secondary N) is 2. The number of ether oxygens (including phenoxy) is 2. The molecule has 2 heterocycles. The highest BCUT2D eigenvalue weighted by Gasteiger charge is 2.22. The zero-order valence-electron chi connectivity index (χ0n) is 17.5. The molecule has 1 atom stereocenters. The zero-order valence-corrected chi connectivity index (χ0v) is 19.8. The van der Waals surface area contributed by atoms with E-state index >= 15 is 0 Å². The van der Waals surface area contributed by atoms with Gasteiger partial charge in [0, 0.05) is 31.8 Å². The first-order valence-electron chi connectivity index (χ1n) is 10.1. The summed E-state index contributed by atoms with van der Waals surface area (Å²) in [5.74, 6) is 2.31. The second kappa shape index (κ2) is 11.5. The Morgan fingerprint density at radius 1 is 1.06 bits per heavy atom. The third-order valence-corrected chi connectivity index (χ3v) is 4.95. The smallest absolute Gasteiger partial charge is 0.218 e. The zero-order chi connectivity index (χ0) is 20.6. The van der Waals surface area contributed by atoms with E-state index in [4.69, 9.17) is 9.47 Å². The molecule has 6 nitrogen and oxygen atoms in total. The summed E-state index contributed by atoms with van der Waals surface area (Å²) in [4.78, 5) is 8.70. The van der Waals surface area contributed by atoms with Gasteiger partial charge >= 0.3 is 0 Å². The van der Waals surface area contributed by atoms with Crippen molar-refractivity contribution in [3.63, 3.8) is 0 Å². The Hall–Kier alpha value is -2.81. The van der Waals surface area contributed by atoms with Crippen LogP contribution in [-0.4, -0.2) is 30.6 Å². The quantitative estimate of drug-likeness (QED) is 0.275. The van der Waals surface area contributed by atoms with Gasteiger partial charge in [-0.1, -0.05) is 54.6 Å². The van der Waals surface area contributed by atoms with Crippen LogP contribution < -0.4 is 20.1 Å². The topological polar surface area (TPSA) is 67.8 Å². The lowest BCUT2D eigenvalue weighted by molar-refractivity contribution is 0.235. The molecule has 0 bridgehead atoms. The average molecular weight is 530 g/mol. The van der Waals surface area contributed by atoms with Crippen LogP contribution in [0.5, 0.6) is 11.6 Å². The number of guanidine groups is 1. The normalized spacial score (nSPS) is 14.7. The van der Waals surface area contributed by atoms with Crippen molar-refractivity contribution in [2.45, 2.75) is 25.7 Å². The van der Waals surface area contributed by atoms with Gasteiger partial charge in [0.2, 0.25) is 5.88 Å². The van der Waals surface area contributed by atoms with E-state index in [9.17, 15) is 0 Å². The molecule has 1 aliphatic heterocycles. The van der Waals surface area contributed by atoms with Gasteiger partial charge in [-0.2, -0.15) is 0 Å². The van der Waals surface area contributed by atoms with Crippen molar-refractivity contribution in [3.8, 4) is 11.6 Å². The van der Waals surface area contributed by atoms with Crippen LogP contribution in [-0.2, 0) is 19.6 Å². The first-order valence-corrected chi connectivity index (χ1v) is 10.1. The van der Waals surface area contributed by atoms with Gasteiger partial charge in [0.05, 0.1) is 6.54 Å². The molecule has 0 spiro atoms. The molecule has 3 aromatic rings. The maximum atomic E-state index is 5.98. The van der Waals surface area contributed by atoms with Crippen LogP contribution in [0, 0.1) is 0 Å². The predicted molar refractivity (Wildman–Crippen MR) is 133 cm³/mol. The fraction of sp³-hybridized carbons (Fsp3) is 0.250. The summed E-state index contributed by atoms with van der Waals surface area (Å²) in [7, 11) is 1.76. The summed E-state index contributed by atoms with van der Waals surface area (Å²) >= 11 is 0. The summed E-state index contributed by atoms with van der Waals surface area (Å²) in [5, 5.41) is 6.68. The lowest BCUT2D eigenvalue weighted by atomic mass is 10.1. The molecule has 0 amide bonds. The molecule has 0 aliphatic carbocycles. The number of hydrogen-bond donors (Lipinski definition) is 2. The standard InChI is InChI=1S/C24H26N4O2.HI/c1-25-24(28-16-21-14-19-10-5-6-12-22(19)30-21)27-15-20-11-7-13-26-23(20)29-17-18-8-3-2-4-9-18;/h2-13,21H,14-17H2,1H3,(H2,25,27,28);1H. The fourth-order valence-electron chi connectivity index (χ4n) is 3.39. The van der Waals surface area contributed by atoms with Gasteiger partial charge in [0.25, 0.3) is 0 Å². The van der Waals surface area contributed by atoms with Crippen LogP contribution in [0.25, 0.3) is 0 Å². The van der Waals surface area contributed by atoms with Crippen molar-refractivity contribution in [1.29, 1.82) is 0 Å². The van der Waals surface area contributed by atoms with E-state index < -0.39 is 0 Å². The van der Waals surface area contributed by atoms with E-state index in [-0.39, 0.29) is 30.1 Å². The molecule has 1 aromatic heterocycles. The molecule has 0 radical (unpaired) electrons. The molecule has 0 saturated heterocycles. The van der Waals surface area contributed by atoms with E-state index in [1.165, 1.54) is 5.56 Å². The monoisotopic (exact) mass is 530 g/mol. The number of fused-ring (bicyclic) bond motifs is 1. The van der Waals surface area contributed by atoms with Gasteiger partial charge in [0.15, 0.2) is 5.96 Å². The van der Waals surface area contributed by atoms with Crippen LogP contribution >= 0.6 is 24.0 Å². The van der Waals surface area contributed by atoms with E-state index in [1.807, 2.05) is 60.7 Å². The molecule has 7 heteroatoms. The van der Waals surface area contributed by atoms with Crippen molar-refractivity contribution >= 4 is 29.9 Å². The summed E-state index contributed by atoms with van der Waals surface area (Å²) in [6, 6.07) is 22.2. The highest BCUT2D eigenvalue weighted by atomic mass is 127. The van der Waals surface area contributed by atoms with Gasteiger partial charge in [-0.3, -0.25) is 4.99 Å². The molecule has 162 valence electrons. The molecule has 4 rings (SSSR count). The summed E-state index contributed by atoms with van der Waals surface area (Å²) in [6.07, 6.45) is 2.75. The molecular weight excluding hydrogens is 503 g/mol. The van der Waals surface area contributed by atoms with Crippen LogP contribution in [0.4, 0.5) is 0 Å². The lowest BCUT2D eigenvalue weighted by Crippen LogP contribution is -2.42. The molecule has 2 aromatic carbocycles. The summed E-state index contributed by atoms with van der Waals surface area (Å²) in [6.45, 7) is 1.72. The Morgan fingerprint density at radius 2 is 1.87 bits per heavy atom. The van der Waals surface area contributed by atoms with E-state index in [1.54, 1.807) is 13.2 Å². The van der Waals surface area contributed by atoms with Crippen LogP contribution in [0.2, 0.25) is 0 Å². The van der Waals surface area contributed by atoms with Gasteiger partial charge in [-0.25, -0.2) is 4.98 Å². The Balaban J connectivity index is 0.00000272. The minimum absolute atomic E-state index is 0. The number of aromatic nitrogens is 1. The van der Waals surface area contributed by atoms with E-state index in [2.05, 4.69) is 26.7 Å². The second-order valence-corrected chi connectivity index (χ2v) is 7.10. The molecule has 31 heavy (non-hydrogen) atoms. The maximum absolute atomic E-state index is 5.98. The Morgan fingerprint density at radius 3 is 2.68 bits per heavy atom. The number of nitrogens with zero attached hydrogens (tertiary/aromatic N) is 2. The van der Waals surface area contributed by atoms with Crippen molar-refractivity contribution in [3.05, 3.63) is 89.6 Å². The number of pyridine rings is 1. The van der Waals surface area contributed by atoms with Crippen LogP contribution in [0.1, 0.15) is 16.7 Å². The number of rotatable bonds is 7. The third kappa shape index (κ3) is 6.33. The van der Waals surface area contributed by atoms with Crippen molar-refractivity contribution in [2.24, 2.45) is 4.99 Å². The number of hydrogen-bond acceptors (Lipinski definition) is 4. The maximum Gasteiger partial charge on any atom is 0.218 e. The summed E-state index contributed by atoms with van der Waals surface area (Å²) < 4.78 is 11.9. The van der Waals surface area contributed by atoms with Crippen LogP contribution in [0.15, 0.2) is 77.9 Å². The minimum Gasteiger partial charge on any atom is -0.488 e. The molecular formula is C24H27IN4O2. The Bertz CT molecular complexity index is 973. The van der Waals surface area contributed by atoms with Crippen LogP contribution in [0.3, 0.4) is 0 Å². The van der Waals surface area contributed by atoms with Gasteiger partial charge in [0.1, 0.15) is 18.5 Å².